The fourth-order valence-corrected chi connectivity index (χ4v) is 2.76. The zero-order chi connectivity index (χ0) is 14.0. The third kappa shape index (κ3) is 2.99. The van der Waals surface area contributed by atoms with Gasteiger partial charge in [0, 0.05) is 4.47 Å². The first-order valence-corrected chi connectivity index (χ1v) is 6.98. The predicted molar refractivity (Wildman–Crippen MR) is 82.6 cm³/mol. The maximum atomic E-state index is 6.40. The van der Waals surface area contributed by atoms with Gasteiger partial charge >= 0.3 is 0 Å². The van der Waals surface area contributed by atoms with E-state index in [0.29, 0.717) is 0 Å². The molecule has 2 aromatic rings. The highest BCUT2D eigenvalue weighted by Gasteiger charge is 2.14. The molecule has 100 valence electrons. The molecule has 0 heterocycles. The lowest BCUT2D eigenvalue weighted by Gasteiger charge is -2.18. The molecule has 0 spiro atoms. The van der Waals surface area contributed by atoms with Crippen molar-refractivity contribution in [3.63, 3.8) is 0 Å². The van der Waals surface area contributed by atoms with E-state index in [9.17, 15) is 0 Å². The Kier molecular flexibility index (Phi) is 4.27. The first-order valence-electron chi connectivity index (χ1n) is 6.19. The van der Waals surface area contributed by atoms with E-state index >= 15 is 0 Å². The van der Waals surface area contributed by atoms with Crippen LogP contribution in [0.3, 0.4) is 0 Å². The fraction of sp³-hybridized carbons (Fsp3) is 0.250. The molecule has 2 aromatic carbocycles. The van der Waals surface area contributed by atoms with Crippen LogP contribution in [0.2, 0.25) is 0 Å². The number of benzene rings is 2. The zero-order valence-corrected chi connectivity index (χ0v) is 13.0. The maximum absolute atomic E-state index is 6.40. The number of methoxy groups -OCH3 is 1. The zero-order valence-electron chi connectivity index (χ0n) is 11.4. The molecule has 0 fully saturated rings. The third-order valence-corrected chi connectivity index (χ3v) is 3.87. The lowest BCUT2D eigenvalue weighted by molar-refractivity contribution is 0.414. The van der Waals surface area contributed by atoms with Gasteiger partial charge in [0.25, 0.3) is 0 Å². The molecule has 2 N–H and O–H groups in total. The van der Waals surface area contributed by atoms with E-state index < -0.39 is 0 Å². The highest BCUT2D eigenvalue weighted by atomic mass is 79.9. The minimum Gasteiger partial charge on any atom is -0.497 e. The van der Waals surface area contributed by atoms with Crippen LogP contribution in [0.4, 0.5) is 0 Å². The first-order chi connectivity index (χ1) is 9.02. The van der Waals surface area contributed by atoms with Crippen molar-refractivity contribution in [1.82, 2.24) is 0 Å². The van der Waals surface area contributed by atoms with Crippen LogP contribution in [0.15, 0.2) is 40.9 Å². The molecular formula is C16H18BrNO. The summed E-state index contributed by atoms with van der Waals surface area (Å²) in [5, 5.41) is 0. The molecule has 2 nitrogen and oxygen atoms in total. The predicted octanol–water partition coefficient (Wildman–Crippen LogP) is 4.12. The molecule has 2 rings (SSSR count). The summed E-state index contributed by atoms with van der Waals surface area (Å²) >= 11 is 3.48. The van der Waals surface area contributed by atoms with Crippen molar-refractivity contribution in [3.8, 4) is 5.75 Å². The lowest BCUT2D eigenvalue weighted by atomic mass is 9.93. The van der Waals surface area contributed by atoms with E-state index in [1.807, 2.05) is 24.3 Å². The molecule has 0 bridgehead atoms. The van der Waals surface area contributed by atoms with Crippen molar-refractivity contribution in [1.29, 1.82) is 0 Å². The second kappa shape index (κ2) is 5.76. The fourth-order valence-electron chi connectivity index (χ4n) is 2.28. The number of halogens is 1. The Hall–Kier alpha value is -1.32. The van der Waals surface area contributed by atoms with Crippen LogP contribution in [0.1, 0.15) is 28.3 Å². The summed E-state index contributed by atoms with van der Waals surface area (Å²) in [6.45, 7) is 4.14. The van der Waals surface area contributed by atoms with Crippen LogP contribution < -0.4 is 10.5 Å². The van der Waals surface area contributed by atoms with Gasteiger partial charge in [0.1, 0.15) is 5.75 Å². The van der Waals surface area contributed by atoms with Gasteiger partial charge < -0.3 is 10.5 Å². The number of aryl methyl sites for hydroxylation is 2. The summed E-state index contributed by atoms with van der Waals surface area (Å²) in [6.07, 6.45) is 0. The minimum atomic E-state index is -0.112. The van der Waals surface area contributed by atoms with Crippen LogP contribution in [0, 0.1) is 13.8 Å². The largest absolute Gasteiger partial charge is 0.497 e. The van der Waals surface area contributed by atoms with Crippen molar-refractivity contribution >= 4 is 15.9 Å². The summed E-state index contributed by atoms with van der Waals surface area (Å²) in [5.41, 5.74) is 11.0. The Labute approximate surface area is 122 Å². The average Bonchev–Trinajstić information content (AvgIpc) is 2.37. The molecule has 1 unspecified atom stereocenters. The van der Waals surface area contributed by atoms with Gasteiger partial charge in [-0.05, 0) is 60.4 Å². The lowest BCUT2D eigenvalue weighted by Crippen LogP contribution is -2.14. The van der Waals surface area contributed by atoms with E-state index in [0.717, 1.165) is 26.9 Å². The first kappa shape index (κ1) is 14.1. The Morgan fingerprint density at radius 3 is 2.11 bits per heavy atom. The van der Waals surface area contributed by atoms with E-state index in [2.05, 4.69) is 41.9 Å². The number of rotatable bonds is 3. The van der Waals surface area contributed by atoms with Crippen molar-refractivity contribution < 1.29 is 4.74 Å². The van der Waals surface area contributed by atoms with E-state index in [1.54, 1.807) is 7.11 Å². The highest BCUT2D eigenvalue weighted by molar-refractivity contribution is 9.10. The van der Waals surface area contributed by atoms with Gasteiger partial charge in [0.05, 0.1) is 13.2 Å². The van der Waals surface area contributed by atoms with Crippen LogP contribution in [0.5, 0.6) is 5.75 Å². The molecule has 19 heavy (non-hydrogen) atoms. The molecule has 0 aliphatic rings. The third-order valence-electron chi connectivity index (χ3n) is 3.38. The van der Waals surface area contributed by atoms with Crippen LogP contribution >= 0.6 is 15.9 Å². The van der Waals surface area contributed by atoms with Gasteiger partial charge in [0.15, 0.2) is 0 Å². The van der Waals surface area contributed by atoms with Gasteiger partial charge in [0.2, 0.25) is 0 Å². The quantitative estimate of drug-likeness (QED) is 0.923. The van der Waals surface area contributed by atoms with Crippen LogP contribution in [-0.2, 0) is 0 Å². The molecule has 1 atom stereocenters. The van der Waals surface area contributed by atoms with Crippen molar-refractivity contribution in [2.24, 2.45) is 5.73 Å². The molecule has 3 heteroatoms. The molecule has 0 aromatic heterocycles. The standard InChI is InChI=1S/C16H18BrNO/c1-10-8-12(17)4-6-14(10)16(18)15-7-5-13(19-3)9-11(15)2/h4-9,16H,18H2,1-3H3. The summed E-state index contributed by atoms with van der Waals surface area (Å²) < 4.78 is 6.30. The van der Waals surface area contributed by atoms with Gasteiger partial charge in [-0.1, -0.05) is 28.1 Å². The normalized spacial score (nSPS) is 12.3. The SMILES string of the molecule is COc1ccc(C(N)c2ccc(Br)cc2C)c(C)c1. The molecule has 0 aliphatic carbocycles. The Bertz CT molecular complexity index is 595. The van der Waals surface area contributed by atoms with Crippen molar-refractivity contribution in [2.45, 2.75) is 19.9 Å². The molecule has 0 saturated heterocycles. The molecule has 0 amide bonds. The van der Waals surface area contributed by atoms with Crippen molar-refractivity contribution in [3.05, 3.63) is 63.1 Å². The topological polar surface area (TPSA) is 35.2 Å². The summed E-state index contributed by atoms with van der Waals surface area (Å²) in [7, 11) is 1.67. The van der Waals surface area contributed by atoms with Gasteiger partial charge in [-0.25, -0.2) is 0 Å². The Morgan fingerprint density at radius 2 is 1.58 bits per heavy atom. The Balaban J connectivity index is 2.41. The average molecular weight is 320 g/mol. The number of hydrogen-bond donors (Lipinski definition) is 1. The molecule has 0 radical (unpaired) electrons. The maximum Gasteiger partial charge on any atom is 0.119 e. The van der Waals surface area contributed by atoms with E-state index in [4.69, 9.17) is 10.5 Å². The minimum absolute atomic E-state index is 0.112. The molecule has 0 saturated carbocycles. The molecule has 0 aliphatic heterocycles. The second-order valence-corrected chi connectivity index (χ2v) is 5.62. The molecular weight excluding hydrogens is 302 g/mol. The Morgan fingerprint density at radius 1 is 1.00 bits per heavy atom. The van der Waals surface area contributed by atoms with E-state index in [-0.39, 0.29) is 6.04 Å². The monoisotopic (exact) mass is 319 g/mol. The number of nitrogens with two attached hydrogens (primary N) is 1. The van der Waals surface area contributed by atoms with Crippen LogP contribution in [-0.4, -0.2) is 7.11 Å². The van der Waals surface area contributed by atoms with Crippen molar-refractivity contribution in [2.75, 3.05) is 7.11 Å². The number of hydrogen-bond acceptors (Lipinski definition) is 2. The van der Waals surface area contributed by atoms with Gasteiger partial charge in [-0.2, -0.15) is 0 Å². The smallest absolute Gasteiger partial charge is 0.119 e. The number of ether oxygens (including phenoxy) is 1. The summed E-state index contributed by atoms with van der Waals surface area (Å²) in [4.78, 5) is 0. The second-order valence-electron chi connectivity index (χ2n) is 4.70. The van der Waals surface area contributed by atoms with E-state index in [1.165, 1.54) is 5.56 Å². The highest BCUT2D eigenvalue weighted by Crippen LogP contribution is 2.28. The van der Waals surface area contributed by atoms with Crippen LogP contribution in [0.25, 0.3) is 0 Å². The summed E-state index contributed by atoms with van der Waals surface area (Å²) in [6, 6.07) is 12.1. The van der Waals surface area contributed by atoms with Gasteiger partial charge in [-0.15, -0.1) is 0 Å². The summed E-state index contributed by atoms with van der Waals surface area (Å²) in [5.74, 6) is 0.862. The van der Waals surface area contributed by atoms with Gasteiger partial charge in [-0.3, -0.25) is 0 Å².